The second kappa shape index (κ2) is 7.28. The molecule has 5 nitrogen and oxygen atoms in total. The smallest absolute Gasteiger partial charge is 0.267 e. The van der Waals surface area contributed by atoms with Crippen LogP contribution in [0.5, 0.6) is 0 Å². The van der Waals surface area contributed by atoms with E-state index < -0.39 is 34.0 Å². The van der Waals surface area contributed by atoms with Crippen molar-refractivity contribution in [3.05, 3.63) is 82.0 Å². The summed E-state index contributed by atoms with van der Waals surface area (Å²) in [6.45, 7) is 1.77. The lowest BCUT2D eigenvalue weighted by atomic mass is 10.2. The highest BCUT2D eigenvalue weighted by atomic mass is 32.2. The van der Waals surface area contributed by atoms with Gasteiger partial charge in [-0.2, -0.15) is 13.8 Å². The Bertz CT molecular complexity index is 1300. The molecular weight excluding hydrogens is 408 g/mol. The van der Waals surface area contributed by atoms with Crippen LogP contribution >= 0.6 is 11.8 Å². The van der Waals surface area contributed by atoms with E-state index in [9.17, 15) is 22.4 Å². The zero-order valence-electron chi connectivity index (χ0n) is 14.7. The third-order valence-electron chi connectivity index (χ3n) is 4.03. The molecule has 0 aliphatic heterocycles. The standard InChI is InChI=1S/C19H10F4N4OS/c1-9-6-7-24-12(8-9)27-18(28)10-4-2-3-5-11(10)25-19(27)29-15-13(20)16(22)26-17(23)14(15)21/h2-8H,1H3. The van der Waals surface area contributed by atoms with Crippen LogP contribution in [0.1, 0.15) is 5.56 Å². The first kappa shape index (κ1) is 19.1. The van der Waals surface area contributed by atoms with Gasteiger partial charge in [0.1, 0.15) is 5.82 Å². The van der Waals surface area contributed by atoms with Crippen LogP contribution < -0.4 is 5.56 Å². The Kier molecular flexibility index (Phi) is 4.79. The van der Waals surface area contributed by atoms with Gasteiger partial charge < -0.3 is 0 Å². The van der Waals surface area contributed by atoms with Crippen LogP contribution in [-0.4, -0.2) is 19.5 Å². The molecule has 0 atom stereocenters. The number of rotatable bonds is 3. The van der Waals surface area contributed by atoms with Gasteiger partial charge in [0.25, 0.3) is 17.5 Å². The monoisotopic (exact) mass is 418 g/mol. The van der Waals surface area contributed by atoms with Crippen LogP contribution in [0.3, 0.4) is 0 Å². The van der Waals surface area contributed by atoms with Crippen molar-refractivity contribution in [2.24, 2.45) is 0 Å². The second-order valence-corrected chi connectivity index (χ2v) is 6.97. The van der Waals surface area contributed by atoms with Crippen molar-refractivity contribution >= 4 is 22.7 Å². The van der Waals surface area contributed by atoms with Crippen molar-refractivity contribution in [2.75, 3.05) is 0 Å². The lowest BCUT2D eigenvalue weighted by molar-refractivity contribution is 0.383. The fourth-order valence-corrected chi connectivity index (χ4v) is 3.62. The molecule has 29 heavy (non-hydrogen) atoms. The summed E-state index contributed by atoms with van der Waals surface area (Å²) in [6.07, 6.45) is 1.45. The quantitative estimate of drug-likeness (QED) is 0.284. The van der Waals surface area contributed by atoms with Gasteiger partial charge in [-0.05, 0) is 48.5 Å². The second-order valence-electron chi connectivity index (χ2n) is 6.00. The number of hydrogen-bond acceptors (Lipinski definition) is 5. The molecule has 0 saturated carbocycles. The van der Waals surface area contributed by atoms with Crippen molar-refractivity contribution in [1.29, 1.82) is 0 Å². The lowest BCUT2D eigenvalue weighted by Crippen LogP contribution is -2.22. The number of aryl methyl sites for hydroxylation is 1. The van der Waals surface area contributed by atoms with Crippen molar-refractivity contribution in [1.82, 2.24) is 19.5 Å². The van der Waals surface area contributed by atoms with Crippen LogP contribution in [0.15, 0.2) is 57.4 Å². The maximum Gasteiger partial charge on any atom is 0.267 e. The van der Waals surface area contributed by atoms with E-state index in [0.717, 1.165) is 10.1 Å². The average Bonchev–Trinajstić information content (AvgIpc) is 2.70. The number of hydrogen-bond donors (Lipinski definition) is 0. The Morgan fingerprint density at radius 1 is 0.966 bits per heavy atom. The van der Waals surface area contributed by atoms with Crippen LogP contribution in [0, 0.1) is 30.5 Å². The van der Waals surface area contributed by atoms with Gasteiger partial charge in [-0.1, -0.05) is 12.1 Å². The summed E-state index contributed by atoms with van der Waals surface area (Å²) in [5.74, 6) is -6.81. The van der Waals surface area contributed by atoms with Crippen molar-refractivity contribution in [3.8, 4) is 5.82 Å². The molecular formula is C19H10F4N4OS. The Hall–Kier alpha value is -3.27. The molecule has 0 radical (unpaired) electrons. The number of benzene rings is 1. The molecule has 0 aliphatic carbocycles. The Morgan fingerprint density at radius 2 is 1.66 bits per heavy atom. The first-order valence-corrected chi connectivity index (χ1v) is 9.01. The molecule has 0 saturated heterocycles. The number of pyridine rings is 2. The van der Waals surface area contributed by atoms with E-state index in [1.807, 2.05) is 0 Å². The molecule has 146 valence electrons. The fourth-order valence-electron chi connectivity index (χ4n) is 2.67. The number of aromatic nitrogens is 4. The first-order valence-electron chi connectivity index (χ1n) is 8.19. The van der Waals surface area contributed by atoms with Crippen molar-refractivity contribution in [2.45, 2.75) is 17.0 Å². The van der Waals surface area contributed by atoms with E-state index in [2.05, 4.69) is 15.0 Å². The molecule has 10 heteroatoms. The summed E-state index contributed by atoms with van der Waals surface area (Å²) in [7, 11) is 0. The van der Waals surface area contributed by atoms with Gasteiger partial charge in [0.05, 0.1) is 15.8 Å². The Morgan fingerprint density at radius 3 is 2.34 bits per heavy atom. The number of fused-ring (bicyclic) bond motifs is 1. The summed E-state index contributed by atoms with van der Waals surface area (Å²) in [5, 5.41) is 0.0304. The zero-order chi connectivity index (χ0) is 20.7. The largest absolute Gasteiger partial charge is 0.268 e. The Balaban J connectivity index is 2.02. The molecule has 4 rings (SSSR count). The average molecular weight is 418 g/mol. The molecule has 0 fully saturated rings. The topological polar surface area (TPSA) is 60.7 Å². The summed E-state index contributed by atoms with van der Waals surface area (Å²) in [5.41, 5.74) is 0.469. The summed E-state index contributed by atoms with van der Waals surface area (Å²) in [4.78, 5) is 23.0. The number of nitrogens with zero attached hydrogens (tertiary/aromatic N) is 4. The summed E-state index contributed by atoms with van der Waals surface area (Å²) >= 11 is 0.267. The molecule has 0 N–H and O–H groups in total. The predicted molar refractivity (Wildman–Crippen MR) is 98.1 cm³/mol. The molecule has 0 unspecified atom stereocenters. The van der Waals surface area contributed by atoms with Gasteiger partial charge in [0, 0.05) is 6.20 Å². The van der Waals surface area contributed by atoms with Crippen LogP contribution in [0.25, 0.3) is 16.7 Å². The van der Waals surface area contributed by atoms with E-state index in [4.69, 9.17) is 0 Å². The van der Waals surface area contributed by atoms with Gasteiger partial charge in [0.2, 0.25) is 0 Å². The van der Waals surface area contributed by atoms with E-state index >= 15 is 0 Å². The van der Waals surface area contributed by atoms with E-state index in [1.54, 1.807) is 37.3 Å². The molecule has 0 bridgehead atoms. The van der Waals surface area contributed by atoms with E-state index in [1.165, 1.54) is 12.3 Å². The van der Waals surface area contributed by atoms with Crippen molar-refractivity contribution < 1.29 is 17.6 Å². The lowest BCUT2D eigenvalue weighted by Gasteiger charge is -2.13. The van der Waals surface area contributed by atoms with Gasteiger partial charge in [-0.25, -0.2) is 23.3 Å². The minimum absolute atomic E-state index is 0.145. The predicted octanol–water partition coefficient (Wildman–Crippen LogP) is 4.19. The molecule has 4 aromatic rings. The maximum absolute atomic E-state index is 14.1. The molecule has 0 spiro atoms. The highest BCUT2D eigenvalue weighted by Crippen LogP contribution is 2.33. The van der Waals surface area contributed by atoms with Crippen molar-refractivity contribution in [3.63, 3.8) is 0 Å². The molecule has 3 heterocycles. The SMILES string of the molecule is Cc1ccnc(-n2c(Sc3c(F)c(F)nc(F)c3F)nc3ccccc3c2=O)c1. The number of halogens is 4. The summed E-state index contributed by atoms with van der Waals surface area (Å²) in [6, 6.07) is 9.61. The highest BCUT2D eigenvalue weighted by Gasteiger charge is 2.24. The molecule has 3 aromatic heterocycles. The van der Waals surface area contributed by atoms with Gasteiger partial charge in [-0.15, -0.1) is 0 Å². The normalized spacial score (nSPS) is 11.2. The van der Waals surface area contributed by atoms with E-state index in [-0.39, 0.29) is 33.6 Å². The van der Waals surface area contributed by atoms with Crippen LogP contribution in [0.2, 0.25) is 0 Å². The Labute approximate surface area is 165 Å². The molecule has 1 aromatic carbocycles. The third-order valence-corrected chi connectivity index (χ3v) is 5.04. The van der Waals surface area contributed by atoms with Crippen LogP contribution in [-0.2, 0) is 0 Å². The third kappa shape index (κ3) is 3.35. The summed E-state index contributed by atoms with van der Waals surface area (Å²) < 4.78 is 56.4. The van der Waals surface area contributed by atoms with E-state index in [0.29, 0.717) is 0 Å². The van der Waals surface area contributed by atoms with Gasteiger partial charge in [-0.3, -0.25) is 4.79 Å². The maximum atomic E-state index is 14.1. The first-order chi connectivity index (χ1) is 13.9. The zero-order valence-corrected chi connectivity index (χ0v) is 15.5. The fraction of sp³-hybridized carbons (Fsp3) is 0.0526. The minimum Gasteiger partial charge on any atom is -0.268 e. The minimum atomic E-state index is -1.80. The van der Waals surface area contributed by atoms with Gasteiger partial charge in [0.15, 0.2) is 16.8 Å². The molecule has 0 amide bonds. The molecule has 0 aliphatic rings. The highest BCUT2D eigenvalue weighted by molar-refractivity contribution is 7.99. The van der Waals surface area contributed by atoms with Crippen LogP contribution in [0.4, 0.5) is 17.6 Å². The number of para-hydroxylation sites is 1. The van der Waals surface area contributed by atoms with Gasteiger partial charge >= 0.3 is 0 Å².